The molecule has 0 rings (SSSR count). The van der Waals surface area contributed by atoms with E-state index in [4.69, 9.17) is 9.84 Å². The van der Waals surface area contributed by atoms with E-state index < -0.39 is 5.97 Å². The fourth-order valence-electron chi connectivity index (χ4n) is 4.45. The maximum Gasteiger partial charge on any atom is 0.306 e. The van der Waals surface area contributed by atoms with Crippen molar-refractivity contribution in [3.8, 4) is 0 Å². The van der Waals surface area contributed by atoms with Gasteiger partial charge in [-0.1, -0.05) is 120 Å². The third-order valence-electron chi connectivity index (χ3n) is 6.82. The molecule has 0 saturated carbocycles. The Labute approximate surface area is 241 Å². The first-order valence-electron chi connectivity index (χ1n) is 16.1. The molecule has 1 unspecified atom stereocenters. The molecule has 0 spiro atoms. The second-order valence-electron chi connectivity index (χ2n) is 10.6. The zero-order valence-corrected chi connectivity index (χ0v) is 25.4. The van der Waals surface area contributed by atoms with E-state index in [9.17, 15) is 9.59 Å². The van der Waals surface area contributed by atoms with Gasteiger partial charge in [0, 0.05) is 12.8 Å². The summed E-state index contributed by atoms with van der Waals surface area (Å²) in [4.78, 5) is 22.9. The average Bonchev–Trinajstić information content (AvgIpc) is 2.92. The van der Waals surface area contributed by atoms with Crippen LogP contribution in [0, 0.1) is 0 Å². The van der Waals surface area contributed by atoms with Gasteiger partial charge >= 0.3 is 11.9 Å². The lowest BCUT2D eigenvalue weighted by molar-refractivity contribution is -0.150. The highest BCUT2D eigenvalue weighted by atomic mass is 16.5. The van der Waals surface area contributed by atoms with Gasteiger partial charge in [0.1, 0.15) is 6.10 Å². The van der Waals surface area contributed by atoms with Crippen molar-refractivity contribution < 1.29 is 19.4 Å². The first-order valence-corrected chi connectivity index (χ1v) is 16.1. The highest BCUT2D eigenvalue weighted by Gasteiger charge is 2.14. The van der Waals surface area contributed by atoms with Crippen LogP contribution >= 0.6 is 0 Å². The molecular weight excluding hydrogens is 484 g/mol. The molecule has 0 aliphatic heterocycles. The largest absolute Gasteiger partial charge is 0.481 e. The van der Waals surface area contributed by atoms with E-state index in [2.05, 4.69) is 62.5 Å². The Bertz CT molecular complexity index is 674. The predicted octanol–water partition coefficient (Wildman–Crippen LogP) is 10.8. The maximum atomic E-state index is 12.3. The third kappa shape index (κ3) is 30.3. The molecule has 4 heteroatoms. The molecule has 0 aliphatic rings. The van der Waals surface area contributed by atoms with Crippen molar-refractivity contribution in [2.45, 2.75) is 161 Å². The number of ether oxygens (including phenoxy) is 1. The number of hydrogen-bond acceptors (Lipinski definition) is 3. The number of rotatable bonds is 28. The van der Waals surface area contributed by atoms with E-state index in [0.717, 1.165) is 77.0 Å². The van der Waals surface area contributed by atoms with Crippen LogP contribution < -0.4 is 0 Å². The van der Waals surface area contributed by atoms with Crippen molar-refractivity contribution in [3.05, 3.63) is 48.6 Å². The number of carboxylic acid groups (broad SMARTS) is 1. The Hall–Kier alpha value is -2.10. The SMILES string of the molecule is CC/C=C\C/C=C\C/C=C\C/C=C\CCCCCCCCCCC(=O)OC(CCCC)CCCCCC(=O)O. The molecule has 0 saturated heterocycles. The van der Waals surface area contributed by atoms with Crippen molar-refractivity contribution in [1.29, 1.82) is 0 Å². The van der Waals surface area contributed by atoms with E-state index >= 15 is 0 Å². The van der Waals surface area contributed by atoms with Crippen LogP contribution in [0.2, 0.25) is 0 Å². The molecule has 0 radical (unpaired) electrons. The van der Waals surface area contributed by atoms with Gasteiger partial charge in [-0.2, -0.15) is 0 Å². The smallest absolute Gasteiger partial charge is 0.306 e. The van der Waals surface area contributed by atoms with Gasteiger partial charge in [0.15, 0.2) is 0 Å². The summed E-state index contributed by atoms with van der Waals surface area (Å²) in [7, 11) is 0. The summed E-state index contributed by atoms with van der Waals surface area (Å²) < 4.78 is 5.76. The van der Waals surface area contributed by atoms with Gasteiger partial charge in [-0.05, 0) is 70.6 Å². The van der Waals surface area contributed by atoms with Gasteiger partial charge in [0.25, 0.3) is 0 Å². The topological polar surface area (TPSA) is 63.6 Å². The first kappa shape index (κ1) is 36.9. The summed E-state index contributed by atoms with van der Waals surface area (Å²) in [5.74, 6) is -0.792. The van der Waals surface area contributed by atoms with Crippen molar-refractivity contribution in [3.63, 3.8) is 0 Å². The molecule has 0 aromatic heterocycles. The maximum absolute atomic E-state index is 12.3. The second kappa shape index (κ2) is 30.4. The quantitative estimate of drug-likeness (QED) is 0.0604. The number of carboxylic acids is 1. The third-order valence-corrected chi connectivity index (χ3v) is 6.82. The number of carbonyl (C=O) groups excluding carboxylic acids is 1. The zero-order chi connectivity index (χ0) is 28.7. The molecule has 224 valence electrons. The van der Waals surface area contributed by atoms with Crippen molar-refractivity contribution in [1.82, 2.24) is 0 Å². The predicted molar refractivity (Wildman–Crippen MR) is 167 cm³/mol. The zero-order valence-electron chi connectivity index (χ0n) is 25.4. The van der Waals surface area contributed by atoms with E-state index in [1.807, 2.05) is 0 Å². The second-order valence-corrected chi connectivity index (χ2v) is 10.6. The number of hydrogen-bond donors (Lipinski definition) is 1. The Balaban J connectivity index is 3.62. The molecule has 0 aromatic rings. The molecule has 39 heavy (non-hydrogen) atoms. The number of aliphatic carboxylic acids is 1. The summed E-state index contributed by atoms with van der Waals surface area (Å²) in [5.41, 5.74) is 0. The van der Waals surface area contributed by atoms with Gasteiger partial charge < -0.3 is 9.84 Å². The Kier molecular flexibility index (Phi) is 28.8. The van der Waals surface area contributed by atoms with Crippen LogP contribution in [0.5, 0.6) is 0 Å². The van der Waals surface area contributed by atoms with E-state index in [1.165, 1.54) is 44.9 Å². The fourth-order valence-corrected chi connectivity index (χ4v) is 4.45. The molecule has 0 heterocycles. The lowest BCUT2D eigenvalue weighted by atomic mass is 10.0. The molecule has 0 aromatic carbocycles. The molecule has 0 amide bonds. The Morgan fingerprint density at radius 3 is 1.67 bits per heavy atom. The van der Waals surface area contributed by atoms with E-state index in [1.54, 1.807) is 0 Å². The van der Waals surface area contributed by atoms with Gasteiger partial charge in [-0.15, -0.1) is 0 Å². The van der Waals surface area contributed by atoms with Crippen LogP contribution in [0.3, 0.4) is 0 Å². The van der Waals surface area contributed by atoms with Crippen LogP contribution in [0.1, 0.15) is 155 Å². The Morgan fingerprint density at radius 1 is 0.590 bits per heavy atom. The average molecular weight is 545 g/mol. The molecule has 0 aliphatic carbocycles. The van der Waals surface area contributed by atoms with Crippen LogP contribution in [-0.2, 0) is 14.3 Å². The fraction of sp³-hybridized carbons (Fsp3) is 0.714. The van der Waals surface area contributed by atoms with Crippen LogP contribution in [-0.4, -0.2) is 23.1 Å². The van der Waals surface area contributed by atoms with E-state index in [0.29, 0.717) is 12.8 Å². The molecule has 0 fully saturated rings. The lowest BCUT2D eigenvalue weighted by Crippen LogP contribution is -2.18. The van der Waals surface area contributed by atoms with Gasteiger partial charge in [0.05, 0.1) is 0 Å². The molecule has 1 atom stereocenters. The number of esters is 1. The minimum absolute atomic E-state index is 0.000963. The van der Waals surface area contributed by atoms with Gasteiger partial charge in [0.2, 0.25) is 0 Å². The standard InChI is InChI=1S/C35H60O4/c1-3-5-7-8-9-10-11-12-13-14-15-16-17-18-19-20-21-22-23-24-28-32-35(38)39-33(29-6-4-2)30-26-25-27-31-34(36)37/h5,7,9-10,12-13,15-16,33H,3-4,6,8,11,14,17-32H2,1-2H3,(H,36,37)/b7-5-,10-9-,13-12-,16-15-. The molecular formula is C35H60O4. The minimum Gasteiger partial charge on any atom is -0.481 e. The number of carbonyl (C=O) groups is 2. The normalized spacial score (nSPS) is 12.9. The number of allylic oxidation sites excluding steroid dienone is 8. The van der Waals surface area contributed by atoms with Crippen LogP contribution in [0.25, 0.3) is 0 Å². The molecule has 4 nitrogen and oxygen atoms in total. The van der Waals surface area contributed by atoms with Crippen molar-refractivity contribution >= 4 is 11.9 Å². The Morgan fingerprint density at radius 2 is 1.08 bits per heavy atom. The van der Waals surface area contributed by atoms with E-state index in [-0.39, 0.29) is 18.5 Å². The summed E-state index contributed by atoms with van der Waals surface area (Å²) >= 11 is 0. The summed E-state index contributed by atoms with van der Waals surface area (Å²) in [6.07, 6.45) is 40.2. The van der Waals surface area contributed by atoms with Gasteiger partial charge in [-0.25, -0.2) is 0 Å². The molecule has 0 bridgehead atoms. The van der Waals surface area contributed by atoms with Crippen LogP contribution in [0.4, 0.5) is 0 Å². The monoisotopic (exact) mass is 544 g/mol. The molecule has 1 N–H and O–H groups in total. The highest BCUT2D eigenvalue weighted by molar-refractivity contribution is 5.69. The first-order chi connectivity index (χ1) is 19.1. The van der Waals surface area contributed by atoms with Crippen molar-refractivity contribution in [2.75, 3.05) is 0 Å². The summed E-state index contributed by atoms with van der Waals surface area (Å²) in [6.45, 7) is 4.31. The van der Waals surface area contributed by atoms with Crippen molar-refractivity contribution in [2.24, 2.45) is 0 Å². The van der Waals surface area contributed by atoms with Gasteiger partial charge in [-0.3, -0.25) is 9.59 Å². The summed E-state index contributed by atoms with van der Waals surface area (Å²) in [5, 5.41) is 8.74. The number of unbranched alkanes of at least 4 members (excludes halogenated alkanes) is 11. The van der Waals surface area contributed by atoms with Crippen LogP contribution in [0.15, 0.2) is 48.6 Å². The highest BCUT2D eigenvalue weighted by Crippen LogP contribution is 2.16. The minimum atomic E-state index is -0.735. The lowest BCUT2D eigenvalue weighted by Gasteiger charge is -2.17. The summed E-state index contributed by atoms with van der Waals surface area (Å²) in [6, 6.07) is 0.